The fourth-order valence-corrected chi connectivity index (χ4v) is 0.797. The van der Waals surface area contributed by atoms with Crippen LogP contribution in [-0.2, 0) is 0 Å². The Labute approximate surface area is 88.6 Å². The van der Waals surface area contributed by atoms with Crippen LogP contribution in [-0.4, -0.2) is 0 Å². The fraction of sp³-hybridized carbons (Fsp3) is 0.385. The van der Waals surface area contributed by atoms with Crippen LogP contribution >= 0.6 is 0 Å². The van der Waals surface area contributed by atoms with Gasteiger partial charge in [-0.2, -0.15) is 0 Å². The summed E-state index contributed by atoms with van der Waals surface area (Å²) in [5, 5.41) is 0. The first-order valence-electron chi connectivity index (χ1n) is 5.28. The summed E-state index contributed by atoms with van der Waals surface area (Å²) in [4.78, 5) is 0. The van der Waals surface area contributed by atoms with Gasteiger partial charge >= 0.3 is 0 Å². The Hall–Kier alpha value is -1.24. The van der Waals surface area contributed by atoms with Crippen molar-refractivity contribution in [3.05, 3.63) is 42.1 Å². The first-order valence-corrected chi connectivity index (χ1v) is 5.28. The van der Waals surface area contributed by atoms with Crippen molar-refractivity contribution in [3.63, 3.8) is 0 Å². The highest BCUT2D eigenvalue weighted by Gasteiger charge is 1.89. The number of rotatable bonds is 1. The molecule has 0 radical (unpaired) electrons. The van der Waals surface area contributed by atoms with Gasteiger partial charge in [0, 0.05) is 0 Å². The number of benzene rings is 1. The Morgan fingerprint density at radius 3 is 1.79 bits per heavy atom. The molecular formula is C13H23N. The zero-order chi connectivity index (χ0) is 11.4. The molecule has 0 heterocycles. The molecule has 1 rings (SSSR count). The minimum atomic E-state index is 1.11. The van der Waals surface area contributed by atoms with Gasteiger partial charge in [0.25, 0.3) is 0 Å². The van der Waals surface area contributed by atoms with E-state index < -0.39 is 0 Å². The van der Waals surface area contributed by atoms with Crippen LogP contribution in [0.2, 0.25) is 0 Å². The molecule has 0 unspecified atom stereocenters. The Morgan fingerprint density at radius 2 is 1.43 bits per heavy atom. The summed E-state index contributed by atoms with van der Waals surface area (Å²) in [6.45, 7) is 10.00. The molecular weight excluding hydrogens is 170 g/mol. The minimum Gasteiger partial charge on any atom is -0.404 e. The molecule has 0 spiro atoms. The van der Waals surface area contributed by atoms with E-state index in [1.165, 1.54) is 5.56 Å². The largest absolute Gasteiger partial charge is 0.404 e. The molecule has 1 heteroatoms. The monoisotopic (exact) mass is 193 g/mol. The van der Waals surface area contributed by atoms with E-state index in [2.05, 4.69) is 0 Å². The third-order valence-corrected chi connectivity index (χ3v) is 1.48. The Kier molecular flexibility index (Phi) is 12.8. The number of hydrogen-bond donors (Lipinski definition) is 1. The van der Waals surface area contributed by atoms with Crippen molar-refractivity contribution in [3.8, 4) is 0 Å². The second kappa shape index (κ2) is 11.8. The zero-order valence-corrected chi connectivity index (χ0v) is 10.0. The van der Waals surface area contributed by atoms with E-state index in [0.29, 0.717) is 0 Å². The van der Waals surface area contributed by atoms with Crippen molar-refractivity contribution in [2.45, 2.75) is 34.6 Å². The van der Waals surface area contributed by atoms with E-state index in [1.54, 1.807) is 6.20 Å². The molecule has 1 aromatic carbocycles. The molecule has 0 atom stereocenters. The summed E-state index contributed by atoms with van der Waals surface area (Å²) < 4.78 is 0. The first-order chi connectivity index (χ1) is 6.84. The molecule has 1 nitrogen and oxygen atoms in total. The minimum absolute atomic E-state index is 1.11. The van der Waals surface area contributed by atoms with Crippen molar-refractivity contribution in [1.29, 1.82) is 0 Å². The summed E-state index contributed by atoms with van der Waals surface area (Å²) in [6.07, 6.45) is 1.62. The molecule has 2 N–H and O–H groups in total. The molecule has 0 fully saturated rings. The molecule has 0 aromatic heterocycles. The van der Waals surface area contributed by atoms with Crippen molar-refractivity contribution in [2.24, 2.45) is 5.73 Å². The van der Waals surface area contributed by atoms with Gasteiger partial charge in [-0.15, -0.1) is 0 Å². The maximum Gasteiger partial charge on any atom is -0.00265 e. The smallest absolute Gasteiger partial charge is 0.00265 e. The summed E-state index contributed by atoms with van der Waals surface area (Å²) in [5.41, 5.74) is 7.64. The van der Waals surface area contributed by atoms with Crippen LogP contribution in [0.25, 0.3) is 5.57 Å². The zero-order valence-electron chi connectivity index (χ0n) is 10.0. The topological polar surface area (TPSA) is 26.0 Å². The lowest BCUT2D eigenvalue weighted by molar-refractivity contribution is 1.50. The number of allylic oxidation sites excluding steroid dienone is 1. The molecule has 1 aromatic rings. The summed E-state index contributed by atoms with van der Waals surface area (Å²) >= 11 is 0. The van der Waals surface area contributed by atoms with Crippen molar-refractivity contribution in [1.82, 2.24) is 0 Å². The number of nitrogens with two attached hydrogens (primary N) is 1. The van der Waals surface area contributed by atoms with Crippen molar-refractivity contribution in [2.75, 3.05) is 0 Å². The van der Waals surface area contributed by atoms with Crippen LogP contribution in [0.4, 0.5) is 0 Å². The van der Waals surface area contributed by atoms with Gasteiger partial charge < -0.3 is 5.73 Å². The lowest BCUT2D eigenvalue weighted by atomic mass is 10.1. The van der Waals surface area contributed by atoms with E-state index in [4.69, 9.17) is 5.73 Å². The third kappa shape index (κ3) is 6.30. The summed E-state index contributed by atoms with van der Waals surface area (Å²) in [5.74, 6) is 0. The predicted octanol–water partition coefficient (Wildman–Crippen LogP) is 4.06. The Morgan fingerprint density at radius 1 is 1.00 bits per heavy atom. The van der Waals surface area contributed by atoms with Gasteiger partial charge in [-0.25, -0.2) is 0 Å². The van der Waals surface area contributed by atoms with Crippen LogP contribution in [0.1, 0.15) is 40.2 Å². The van der Waals surface area contributed by atoms with Crippen molar-refractivity contribution >= 4 is 5.57 Å². The SMILES string of the molecule is C/C(=C/N)c1ccccc1.CC.CC. The van der Waals surface area contributed by atoms with Crippen LogP contribution in [0.3, 0.4) is 0 Å². The van der Waals surface area contributed by atoms with Gasteiger partial charge in [-0.05, 0) is 24.3 Å². The molecule has 0 saturated heterocycles. The van der Waals surface area contributed by atoms with Gasteiger partial charge in [-0.3, -0.25) is 0 Å². The predicted molar refractivity (Wildman–Crippen MR) is 67.0 cm³/mol. The van der Waals surface area contributed by atoms with Crippen molar-refractivity contribution < 1.29 is 0 Å². The second-order valence-corrected chi connectivity index (χ2v) is 2.22. The van der Waals surface area contributed by atoms with Gasteiger partial charge in [-0.1, -0.05) is 58.0 Å². The highest BCUT2D eigenvalue weighted by Crippen LogP contribution is 2.09. The highest BCUT2D eigenvalue weighted by atomic mass is 14.5. The maximum absolute atomic E-state index is 5.34. The van der Waals surface area contributed by atoms with Crippen LogP contribution < -0.4 is 5.73 Å². The maximum atomic E-state index is 5.34. The Bertz CT molecular complexity index is 224. The number of hydrogen-bond acceptors (Lipinski definition) is 1. The summed E-state index contributed by atoms with van der Waals surface area (Å²) in [7, 11) is 0. The van der Waals surface area contributed by atoms with Gasteiger partial charge in [0.15, 0.2) is 0 Å². The van der Waals surface area contributed by atoms with Gasteiger partial charge in [0.1, 0.15) is 0 Å². The molecule has 80 valence electrons. The summed E-state index contributed by atoms with van der Waals surface area (Å²) in [6, 6.07) is 10.1. The molecule has 0 aliphatic carbocycles. The van der Waals surface area contributed by atoms with Crippen LogP contribution in [0, 0.1) is 0 Å². The molecule has 0 bridgehead atoms. The normalized spacial score (nSPS) is 9.07. The van der Waals surface area contributed by atoms with Gasteiger partial charge in [0.2, 0.25) is 0 Å². The van der Waals surface area contributed by atoms with E-state index >= 15 is 0 Å². The lowest BCUT2D eigenvalue weighted by Gasteiger charge is -1.96. The molecule has 0 saturated carbocycles. The van der Waals surface area contributed by atoms with E-state index in [1.807, 2.05) is 65.0 Å². The lowest BCUT2D eigenvalue weighted by Crippen LogP contribution is -1.83. The second-order valence-electron chi connectivity index (χ2n) is 2.22. The molecule has 0 aliphatic heterocycles. The average molecular weight is 193 g/mol. The Balaban J connectivity index is 0. The first kappa shape index (κ1) is 15.2. The van der Waals surface area contributed by atoms with Crippen LogP contribution in [0.5, 0.6) is 0 Å². The van der Waals surface area contributed by atoms with Gasteiger partial charge in [0.05, 0.1) is 0 Å². The highest BCUT2D eigenvalue weighted by molar-refractivity contribution is 5.62. The molecule has 0 amide bonds. The molecule has 0 aliphatic rings. The van der Waals surface area contributed by atoms with E-state index in [-0.39, 0.29) is 0 Å². The van der Waals surface area contributed by atoms with E-state index in [0.717, 1.165) is 5.57 Å². The average Bonchev–Trinajstić information content (AvgIpc) is 2.34. The third-order valence-electron chi connectivity index (χ3n) is 1.48. The fourth-order valence-electron chi connectivity index (χ4n) is 0.797. The van der Waals surface area contributed by atoms with Crippen LogP contribution in [0.15, 0.2) is 36.5 Å². The quantitative estimate of drug-likeness (QED) is 0.715. The van der Waals surface area contributed by atoms with E-state index in [9.17, 15) is 0 Å². The standard InChI is InChI=1S/C9H11N.2C2H6/c1-8(7-10)9-5-3-2-4-6-9;2*1-2/h2-7H,10H2,1H3;2*1-2H3/b8-7-;;. The molecule has 14 heavy (non-hydrogen) atoms.